The van der Waals surface area contributed by atoms with Gasteiger partial charge in [-0.25, -0.2) is 0 Å². The SMILES string of the molecule is CC1=C(C)C(=O)N(C(CO)Cc2ccccc2)C1=O. The van der Waals surface area contributed by atoms with Crippen LogP contribution >= 0.6 is 0 Å². The van der Waals surface area contributed by atoms with E-state index in [-0.39, 0.29) is 18.4 Å². The van der Waals surface area contributed by atoms with E-state index in [0.29, 0.717) is 17.6 Å². The zero-order valence-corrected chi connectivity index (χ0v) is 11.1. The van der Waals surface area contributed by atoms with Crippen molar-refractivity contribution in [3.8, 4) is 0 Å². The van der Waals surface area contributed by atoms with Crippen molar-refractivity contribution in [3.63, 3.8) is 0 Å². The lowest BCUT2D eigenvalue weighted by Crippen LogP contribution is -2.44. The summed E-state index contributed by atoms with van der Waals surface area (Å²) in [6.07, 6.45) is 0.468. The van der Waals surface area contributed by atoms with Crippen LogP contribution in [-0.2, 0) is 16.0 Å². The molecule has 1 heterocycles. The summed E-state index contributed by atoms with van der Waals surface area (Å²) in [5.41, 5.74) is 1.93. The summed E-state index contributed by atoms with van der Waals surface area (Å²) in [4.78, 5) is 25.3. The van der Waals surface area contributed by atoms with E-state index in [1.807, 2.05) is 30.3 Å². The predicted molar refractivity (Wildman–Crippen MR) is 71.2 cm³/mol. The summed E-state index contributed by atoms with van der Waals surface area (Å²) in [7, 11) is 0. The molecule has 0 radical (unpaired) electrons. The minimum atomic E-state index is -0.505. The Morgan fingerprint density at radius 1 is 1.05 bits per heavy atom. The molecule has 1 unspecified atom stereocenters. The van der Waals surface area contributed by atoms with E-state index in [4.69, 9.17) is 0 Å². The fourth-order valence-corrected chi connectivity index (χ4v) is 2.23. The molecule has 0 aliphatic carbocycles. The molecular formula is C15H17NO3. The molecule has 0 aromatic heterocycles. The van der Waals surface area contributed by atoms with Crippen LogP contribution in [0.2, 0.25) is 0 Å². The first kappa shape index (κ1) is 13.5. The van der Waals surface area contributed by atoms with E-state index in [0.717, 1.165) is 5.56 Å². The van der Waals surface area contributed by atoms with Crippen molar-refractivity contribution < 1.29 is 14.7 Å². The Morgan fingerprint density at radius 3 is 2.05 bits per heavy atom. The lowest BCUT2D eigenvalue weighted by atomic mass is 10.1. The third kappa shape index (κ3) is 2.44. The Labute approximate surface area is 112 Å². The van der Waals surface area contributed by atoms with E-state index in [2.05, 4.69) is 0 Å². The van der Waals surface area contributed by atoms with Crippen molar-refractivity contribution in [3.05, 3.63) is 47.0 Å². The Kier molecular flexibility index (Phi) is 3.81. The third-order valence-electron chi connectivity index (χ3n) is 3.53. The molecule has 19 heavy (non-hydrogen) atoms. The Morgan fingerprint density at radius 2 is 1.58 bits per heavy atom. The molecule has 0 fully saturated rings. The number of benzene rings is 1. The fourth-order valence-electron chi connectivity index (χ4n) is 2.23. The average molecular weight is 259 g/mol. The van der Waals surface area contributed by atoms with Gasteiger partial charge in [0.15, 0.2) is 0 Å². The highest BCUT2D eigenvalue weighted by Gasteiger charge is 2.37. The summed E-state index contributed by atoms with van der Waals surface area (Å²) in [5.74, 6) is -0.588. The number of carbonyl (C=O) groups is 2. The van der Waals surface area contributed by atoms with Gasteiger partial charge in [0.25, 0.3) is 11.8 Å². The number of hydrogen-bond acceptors (Lipinski definition) is 3. The number of hydrogen-bond donors (Lipinski definition) is 1. The van der Waals surface area contributed by atoms with E-state index in [1.165, 1.54) is 4.90 Å². The van der Waals surface area contributed by atoms with Gasteiger partial charge in [0.2, 0.25) is 0 Å². The van der Waals surface area contributed by atoms with Gasteiger partial charge >= 0.3 is 0 Å². The van der Waals surface area contributed by atoms with Crippen LogP contribution in [0.1, 0.15) is 19.4 Å². The molecule has 1 aliphatic rings. The summed E-state index contributed by atoms with van der Waals surface area (Å²) < 4.78 is 0. The molecule has 1 aliphatic heterocycles. The quantitative estimate of drug-likeness (QED) is 0.829. The molecule has 0 bridgehead atoms. The first-order chi connectivity index (χ1) is 9.06. The van der Waals surface area contributed by atoms with Gasteiger partial charge in [-0.2, -0.15) is 0 Å². The van der Waals surface area contributed by atoms with Gasteiger partial charge in [-0.05, 0) is 25.8 Å². The van der Waals surface area contributed by atoms with Crippen molar-refractivity contribution in [2.24, 2.45) is 0 Å². The lowest BCUT2D eigenvalue weighted by Gasteiger charge is -2.25. The molecule has 100 valence electrons. The first-order valence-electron chi connectivity index (χ1n) is 6.26. The number of nitrogens with zero attached hydrogens (tertiary/aromatic N) is 1. The second-order valence-corrected chi connectivity index (χ2v) is 4.76. The number of rotatable bonds is 4. The van der Waals surface area contributed by atoms with Crippen LogP contribution < -0.4 is 0 Å². The molecule has 4 heteroatoms. The highest BCUT2D eigenvalue weighted by Crippen LogP contribution is 2.23. The number of carbonyl (C=O) groups excluding carboxylic acids is 2. The van der Waals surface area contributed by atoms with E-state index >= 15 is 0 Å². The van der Waals surface area contributed by atoms with Crippen LogP contribution in [0, 0.1) is 0 Å². The maximum Gasteiger partial charge on any atom is 0.257 e. The summed E-state index contributed by atoms with van der Waals surface area (Å²) in [6.45, 7) is 3.06. The minimum Gasteiger partial charge on any atom is -0.394 e. The zero-order valence-electron chi connectivity index (χ0n) is 11.1. The highest BCUT2D eigenvalue weighted by molar-refractivity contribution is 6.19. The molecule has 4 nitrogen and oxygen atoms in total. The van der Waals surface area contributed by atoms with Crippen LogP contribution in [0.4, 0.5) is 0 Å². The van der Waals surface area contributed by atoms with Gasteiger partial charge in [-0.3, -0.25) is 14.5 Å². The Hall–Kier alpha value is -1.94. The van der Waals surface area contributed by atoms with Crippen LogP contribution in [0.15, 0.2) is 41.5 Å². The van der Waals surface area contributed by atoms with Crippen LogP contribution in [0.5, 0.6) is 0 Å². The highest BCUT2D eigenvalue weighted by atomic mass is 16.3. The van der Waals surface area contributed by atoms with E-state index in [9.17, 15) is 14.7 Å². The lowest BCUT2D eigenvalue weighted by molar-refractivity contribution is -0.141. The monoisotopic (exact) mass is 259 g/mol. The van der Waals surface area contributed by atoms with Gasteiger partial charge in [0.1, 0.15) is 0 Å². The second kappa shape index (κ2) is 5.36. The summed E-state index contributed by atoms with van der Waals surface area (Å²) in [6, 6.07) is 9.02. The number of aliphatic hydroxyl groups is 1. The molecule has 1 aromatic rings. The van der Waals surface area contributed by atoms with Crippen molar-refractivity contribution in [2.75, 3.05) is 6.61 Å². The first-order valence-corrected chi connectivity index (χ1v) is 6.26. The number of aliphatic hydroxyl groups excluding tert-OH is 1. The number of imide groups is 1. The average Bonchev–Trinajstić information content (AvgIpc) is 2.62. The Balaban J connectivity index is 2.20. The fraction of sp³-hybridized carbons (Fsp3) is 0.333. The normalized spacial score (nSPS) is 17.3. The molecule has 0 spiro atoms. The summed E-state index contributed by atoms with van der Waals surface area (Å²) in [5, 5.41) is 9.49. The second-order valence-electron chi connectivity index (χ2n) is 4.76. The van der Waals surface area contributed by atoms with Crippen molar-refractivity contribution in [1.82, 2.24) is 4.90 Å². The maximum atomic E-state index is 12.1. The molecule has 0 saturated heterocycles. The van der Waals surface area contributed by atoms with Crippen molar-refractivity contribution in [1.29, 1.82) is 0 Å². The number of amides is 2. The van der Waals surface area contributed by atoms with Gasteiger partial charge in [0.05, 0.1) is 12.6 Å². The predicted octanol–water partition coefficient (Wildman–Crippen LogP) is 1.30. The maximum absolute atomic E-state index is 12.1. The van der Waals surface area contributed by atoms with E-state index < -0.39 is 6.04 Å². The molecule has 1 N–H and O–H groups in total. The Bertz CT molecular complexity index is 510. The molecule has 2 rings (SSSR count). The van der Waals surface area contributed by atoms with Crippen molar-refractivity contribution in [2.45, 2.75) is 26.3 Å². The van der Waals surface area contributed by atoms with Crippen LogP contribution in [-0.4, -0.2) is 34.5 Å². The molecule has 1 atom stereocenters. The van der Waals surface area contributed by atoms with Gasteiger partial charge in [-0.1, -0.05) is 30.3 Å². The summed E-state index contributed by atoms with van der Waals surface area (Å²) >= 11 is 0. The van der Waals surface area contributed by atoms with Crippen molar-refractivity contribution >= 4 is 11.8 Å². The van der Waals surface area contributed by atoms with Gasteiger partial charge < -0.3 is 5.11 Å². The molecular weight excluding hydrogens is 242 g/mol. The smallest absolute Gasteiger partial charge is 0.257 e. The van der Waals surface area contributed by atoms with Gasteiger partial charge in [-0.15, -0.1) is 0 Å². The molecule has 2 amide bonds. The minimum absolute atomic E-state index is 0.229. The van der Waals surface area contributed by atoms with Gasteiger partial charge in [0, 0.05) is 11.1 Å². The molecule has 0 saturated carbocycles. The topological polar surface area (TPSA) is 57.6 Å². The third-order valence-corrected chi connectivity index (χ3v) is 3.53. The van der Waals surface area contributed by atoms with Crippen LogP contribution in [0.3, 0.4) is 0 Å². The standard InChI is InChI=1S/C15H17NO3/c1-10-11(2)15(19)16(14(10)18)13(9-17)8-12-6-4-3-5-7-12/h3-7,13,17H,8-9H2,1-2H3. The largest absolute Gasteiger partial charge is 0.394 e. The zero-order chi connectivity index (χ0) is 14.0. The molecule has 1 aromatic carbocycles. The van der Waals surface area contributed by atoms with Crippen LogP contribution in [0.25, 0.3) is 0 Å². The van der Waals surface area contributed by atoms with E-state index in [1.54, 1.807) is 13.8 Å².